The molecule has 1 atom stereocenters. The maximum absolute atomic E-state index is 12.9. The number of thiophene rings is 1. The lowest BCUT2D eigenvalue weighted by atomic mass is 10.2. The molecule has 0 radical (unpaired) electrons. The van der Waals surface area contributed by atoms with Gasteiger partial charge < -0.3 is 9.47 Å². The molecule has 1 aliphatic rings. The van der Waals surface area contributed by atoms with Crippen LogP contribution in [0.4, 0.5) is 0 Å². The largest absolute Gasteiger partial charge is 0.486 e. The summed E-state index contributed by atoms with van der Waals surface area (Å²) < 4.78 is 13.3. The van der Waals surface area contributed by atoms with Crippen LogP contribution < -0.4 is 15.0 Å². The molecule has 2 aromatic carbocycles. The molecular formula is C21H16N2O3S. The first-order chi connectivity index (χ1) is 13.3. The van der Waals surface area contributed by atoms with Gasteiger partial charge in [0, 0.05) is 4.88 Å². The van der Waals surface area contributed by atoms with Crippen LogP contribution in [-0.4, -0.2) is 22.3 Å². The minimum absolute atomic E-state index is 0.0547. The molecule has 0 bridgehead atoms. The Morgan fingerprint density at radius 1 is 1.07 bits per heavy atom. The van der Waals surface area contributed by atoms with Gasteiger partial charge in [0.2, 0.25) is 0 Å². The second-order valence-electron chi connectivity index (χ2n) is 6.40. The van der Waals surface area contributed by atoms with Gasteiger partial charge in [-0.15, -0.1) is 11.3 Å². The first-order valence-electron chi connectivity index (χ1n) is 8.71. The highest BCUT2D eigenvalue weighted by Crippen LogP contribution is 2.32. The fourth-order valence-electron chi connectivity index (χ4n) is 3.21. The number of rotatable bonds is 3. The summed E-state index contributed by atoms with van der Waals surface area (Å²) in [6, 6.07) is 19.5. The van der Waals surface area contributed by atoms with E-state index in [0.717, 1.165) is 21.0 Å². The Labute approximate surface area is 159 Å². The number of aromatic nitrogens is 2. The average Bonchev–Trinajstić information content (AvgIpc) is 3.16. The van der Waals surface area contributed by atoms with Crippen LogP contribution in [0.15, 0.2) is 71.8 Å². The Bertz CT molecular complexity index is 1170. The summed E-state index contributed by atoms with van der Waals surface area (Å²) >= 11 is 1.53. The van der Waals surface area contributed by atoms with Crippen molar-refractivity contribution < 1.29 is 9.47 Å². The quantitative estimate of drug-likeness (QED) is 0.543. The lowest BCUT2D eigenvalue weighted by Gasteiger charge is -2.26. The van der Waals surface area contributed by atoms with Gasteiger partial charge in [0.05, 0.1) is 18.3 Å². The molecule has 0 fully saturated rings. The van der Waals surface area contributed by atoms with Crippen molar-refractivity contribution in [3.8, 4) is 21.9 Å². The molecule has 0 amide bonds. The van der Waals surface area contributed by atoms with Gasteiger partial charge in [-0.3, -0.25) is 9.36 Å². The standard InChI is InChI=1S/C21H16N2O3S/c24-21-16-10-19(14-6-2-1-3-7-14)27-20(16)22-13-23(21)11-15-12-25-17-8-4-5-9-18(17)26-15/h1-10,13,15H,11-12H2/t15-/m0/s1. The van der Waals surface area contributed by atoms with E-state index in [-0.39, 0.29) is 11.7 Å². The van der Waals surface area contributed by atoms with Crippen LogP contribution in [0, 0.1) is 0 Å². The summed E-state index contributed by atoms with van der Waals surface area (Å²) in [6.45, 7) is 0.799. The fraction of sp³-hybridized carbons (Fsp3) is 0.143. The van der Waals surface area contributed by atoms with E-state index in [1.807, 2.05) is 60.7 Å². The molecule has 3 heterocycles. The van der Waals surface area contributed by atoms with Crippen molar-refractivity contribution in [1.29, 1.82) is 0 Å². The zero-order valence-electron chi connectivity index (χ0n) is 14.4. The number of hydrogen-bond acceptors (Lipinski definition) is 5. The summed E-state index contributed by atoms with van der Waals surface area (Å²) in [5.74, 6) is 1.44. The highest BCUT2D eigenvalue weighted by molar-refractivity contribution is 7.21. The van der Waals surface area contributed by atoms with Crippen LogP contribution in [0.25, 0.3) is 20.7 Å². The van der Waals surface area contributed by atoms with Crippen molar-refractivity contribution in [2.45, 2.75) is 12.6 Å². The molecular weight excluding hydrogens is 360 g/mol. The monoisotopic (exact) mass is 376 g/mol. The lowest BCUT2D eigenvalue weighted by molar-refractivity contribution is 0.0777. The molecule has 0 saturated heterocycles. The summed E-state index contributed by atoms with van der Waals surface area (Å²) in [6.07, 6.45) is 1.36. The molecule has 0 spiro atoms. The van der Waals surface area contributed by atoms with E-state index in [4.69, 9.17) is 9.47 Å². The Kier molecular flexibility index (Phi) is 3.90. The fourth-order valence-corrected chi connectivity index (χ4v) is 4.20. The van der Waals surface area contributed by atoms with Crippen molar-refractivity contribution in [2.24, 2.45) is 0 Å². The van der Waals surface area contributed by atoms with Gasteiger partial charge in [0.15, 0.2) is 17.6 Å². The van der Waals surface area contributed by atoms with Crippen molar-refractivity contribution in [3.63, 3.8) is 0 Å². The number of fused-ring (bicyclic) bond motifs is 2. The maximum Gasteiger partial charge on any atom is 0.262 e. The Morgan fingerprint density at radius 3 is 2.70 bits per heavy atom. The van der Waals surface area contributed by atoms with E-state index in [9.17, 15) is 4.79 Å². The third-order valence-electron chi connectivity index (χ3n) is 4.54. The minimum Gasteiger partial charge on any atom is -0.486 e. The van der Waals surface area contributed by atoms with Crippen LogP contribution in [0.5, 0.6) is 11.5 Å². The number of ether oxygens (including phenoxy) is 2. The topological polar surface area (TPSA) is 53.4 Å². The van der Waals surface area contributed by atoms with Gasteiger partial charge >= 0.3 is 0 Å². The van der Waals surface area contributed by atoms with Gasteiger partial charge in [0.1, 0.15) is 11.4 Å². The van der Waals surface area contributed by atoms with Crippen LogP contribution in [-0.2, 0) is 6.54 Å². The van der Waals surface area contributed by atoms with E-state index in [0.29, 0.717) is 24.3 Å². The molecule has 27 heavy (non-hydrogen) atoms. The third kappa shape index (κ3) is 2.98. The molecule has 0 unspecified atom stereocenters. The zero-order chi connectivity index (χ0) is 18.2. The van der Waals surface area contributed by atoms with Gasteiger partial charge in [-0.05, 0) is 23.8 Å². The molecule has 134 valence electrons. The molecule has 0 aliphatic carbocycles. The second kappa shape index (κ2) is 6.55. The molecule has 0 saturated carbocycles. The molecule has 4 aromatic rings. The smallest absolute Gasteiger partial charge is 0.262 e. The maximum atomic E-state index is 12.9. The van der Waals surface area contributed by atoms with Crippen LogP contribution in [0.3, 0.4) is 0 Å². The van der Waals surface area contributed by atoms with E-state index < -0.39 is 0 Å². The molecule has 5 rings (SSSR count). The van der Waals surface area contributed by atoms with E-state index in [1.165, 1.54) is 11.3 Å². The van der Waals surface area contributed by atoms with Gasteiger partial charge in [0.25, 0.3) is 5.56 Å². The lowest BCUT2D eigenvalue weighted by Crippen LogP contribution is -2.36. The number of benzene rings is 2. The summed E-state index contributed by atoms with van der Waals surface area (Å²) in [5, 5.41) is 0.637. The van der Waals surface area contributed by atoms with Crippen molar-refractivity contribution in [3.05, 3.63) is 77.3 Å². The third-order valence-corrected chi connectivity index (χ3v) is 5.64. The molecule has 0 N–H and O–H groups in total. The first kappa shape index (κ1) is 16.1. The van der Waals surface area contributed by atoms with E-state index in [1.54, 1.807) is 10.9 Å². The zero-order valence-corrected chi connectivity index (χ0v) is 15.2. The molecule has 1 aliphatic heterocycles. The van der Waals surface area contributed by atoms with Crippen molar-refractivity contribution in [2.75, 3.05) is 6.61 Å². The first-order valence-corrected chi connectivity index (χ1v) is 9.52. The van der Waals surface area contributed by atoms with Crippen molar-refractivity contribution in [1.82, 2.24) is 9.55 Å². The Hall–Kier alpha value is -3.12. The Morgan fingerprint density at radius 2 is 1.85 bits per heavy atom. The minimum atomic E-state index is -0.232. The average molecular weight is 376 g/mol. The highest BCUT2D eigenvalue weighted by atomic mass is 32.1. The van der Waals surface area contributed by atoms with Crippen molar-refractivity contribution >= 4 is 21.6 Å². The number of para-hydroxylation sites is 2. The Balaban J connectivity index is 1.45. The van der Waals surface area contributed by atoms with E-state index >= 15 is 0 Å². The van der Waals surface area contributed by atoms with E-state index in [2.05, 4.69) is 4.98 Å². The predicted octanol–water partition coefficient (Wildman–Crippen LogP) is 3.97. The summed E-state index contributed by atoms with van der Waals surface area (Å²) in [4.78, 5) is 19.2. The second-order valence-corrected chi connectivity index (χ2v) is 7.43. The van der Waals surface area contributed by atoms with Crippen LogP contribution >= 0.6 is 11.3 Å². The number of nitrogens with zero attached hydrogens (tertiary/aromatic N) is 2. The van der Waals surface area contributed by atoms with Crippen LogP contribution in [0.2, 0.25) is 0 Å². The highest BCUT2D eigenvalue weighted by Gasteiger charge is 2.22. The van der Waals surface area contributed by atoms with Gasteiger partial charge in [-0.25, -0.2) is 4.98 Å². The SMILES string of the molecule is O=c1c2cc(-c3ccccc3)sc2ncn1C[C@H]1COc2ccccc2O1. The van der Waals surface area contributed by atoms with Gasteiger partial charge in [-0.2, -0.15) is 0 Å². The molecule has 5 nitrogen and oxygen atoms in total. The number of hydrogen-bond donors (Lipinski definition) is 0. The summed E-state index contributed by atoms with van der Waals surface area (Å²) in [5.41, 5.74) is 1.04. The molecule has 6 heteroatoms. The molecule has 2 aromatic heterocycles. The van der Waals surface area contributed by atoms with Crippen LogP contribution in [0.1, 0.15) is 0 Å². The summed E-state index contributed by atoms with van der Waals surface area (Å²) in [7, 11) is 0. The normalized spacial score (nSPS) is 15.8. The predicted molar refractivity (Wildman–Crippen MR) is 106 cm³/mol. The van der Waals surface area contributed by atoms with Gasteiger partial charge in [-0.1, -0.05) is 42.5 Å².